The van der Waals surface area contributed by atoms with Gasteiger partial charge in [0.15, 0.2) is 0 Å². The highest BCUT2D eigenvalue weighted by molar-refractivity contribution is 7.18. The number of carboxylic acid groups (broad SMARTS) is 1. The second-order valence-electron chi connectivity index (χ2n) is 9.87. The molecule has 10 nitrogen and oxygen atoms in total. The van der Waals surface area contributed by atoms with Crippen LogP contribution in [0.5, 0.6) is 0 Å². The first-order valence-corrected chi connectivity index (χ1v) is 13.4. The number of piperidine rings is 1. The molecule has 4 N–H and O–H groups in total. The minimum absolute atomic E-state index is 0.0685. The topological polar surface area (TPSA) is 145 Å². The van der Waals surface area contributed by atoms with Gasteiger partial charge >= 0.3 is 12.1 Å². The van der Waals surface area contributed by atoms with Crippen molar-refractivity contribution in [3.05, 3.63) is 39.2 Å². The van der Waals surface area contributed by atoms with Gasteiger partial charge in [-0.1, -0.05) is 23.2 Å². The molecule has 1 saturated heterocycles. The maximum absolute atomic E-state index is 12.7. The van der Waals surface area contributed by atoms with Crippen molar-refractivity contribution in [3.8, 4) is 0 Å². The Morgan fingerprint density at radius 3 is 2.47 bits per heavy atom. The van der Waals surface area contributed by atoms with Gasteiger partial charge in [0.05, 0.1) is 21.3 Å². The molecule has 0 spiro atoms. The molecule has 206 valence electrons. The zero-order valence-corrected chi connectivity index (χ0v) is 23.4. The second kappa shape index (κ2) is 11.9. The third-order valence-electron chi connectivity index (χ3n) is 5.84. The van der Waals surface area contributed by atoms with Crippen molar-refractivity contribution < 1.29 is 34.1 Å². The highest BCUT2D eigenvalue weighted by Crippen LogP contribution is 2.37. The molecule has 2 heterocycles. The quantitative estimate of drug-likeness (QED) is 0.363. The van der Waals surface area contributed by atoms with Crippen molar-refractivity contribution in [2.45, 2.75) is 50.9 Å². The fourth-order valence-electron chi connectivity index (χ4n) is 3.77. The van der Waals surface area contributed by atoms with Gasteiger partial charge in [0.25, 0.3) is 5.91 Å². The molecule has 0 aliphatic carbocycles. The number of nitrogens with one attached hydrogen (secondary N) is 2. The fourth-order valence-corrected chi connectivity index (χ4v) is 5.21. The van der Waals surface area contributed by atoms with Crippen LogP contribution in [0.3, 0.4) is 0 Å². The van der Waals surface area contributed by atoms with E-state index in [1.165, 1.54) is 22.3 Å². The molecule has 0 radical (unpaired) electrons. The number of alkyl carbamates (subject to hydrolysis) is 1. The molecule has 3 rings (SSSR count). The Kier molecular flexibility index (Phi) is 9.30. The van der Waals surface area contributed by atoms with E-state index in [1.54, 1.807) is 26.8 Å². The molecule has 1 aliphatic heterocycles. The average molecular weight is 586 g/mol. The van der Waals surface area contributed by atoms with Gasteiger partial charge in [-0.05, 0) is 55.3 Å². The molecule has 1 fully saturated rings. The van der Waals surface area contributed by atoms with Crippen molar-refractivity contribution >= 4 is 74.6 Å². The van der Waals surface area contributed by atoms with Crippen LogP contribution < -0.4 is 10.6 Å². The Morgan fingerprint density at radius 2 is 1.87 bits per heavy atom. The third-order valence-corrected chi connectivity index (χ3v) is 7.78. The summed E-state index contributed by atoms with van der Waals surface area (Å²) in [6.07, 6.45) is 1.88. The SMILES string of the molecule is CC(C)(C)OC(=O)NC[C@H](NC(=O)C1(O)CCN(C(=O)C=Cc2cc3ccsc3c(Cl)c2Cl)CC1)C(=O)O. The molecule has 0 bridgehead atoms. The van der Waals surface area contributed by atoms with Crippen LogP contribution in [0.2, 0.25) is 10.0 Å². The summed E-state index contributed by atoms with van der Waals surface area (Å²) in [6, 6.07) is 2.25. The van der Waals surface area contributed by atoms with E-state index in [-0.39, 0.29) is 31.8 Å². The van der Waals surface area contributed by atoms with Crippen LogP contribution in [0.1, 0.15) is 39.2 Å². The van der Waals surface area contributed by atoms with Crippen LogP contribution in [-0.4, -0.2) is 75.9 Å². The molecule has 13 heteroatoms. The lowest BCUT2D eigenvalue weighted by Gasteiger charge is -2.37. The number of carbonyl (C=O) groups excluding carboxylic acids is 3. The van der Waals surface area contributed by atoms with Crippen LogP contribution in [0, 0.1) is 0 Å². The van der Waals surface area contributed by atoms with E-state index in [0.29, 0.717) is 15.6 Å². The number of benzene rings is 1. The Hall–Kier alpha value is -2.86. The van der Waals surface area contributed by atoms with E-state index in [1.807, 2.05) is 17.5 Å². The lowest BCUT2D eigenvalue weighted by Crippen LogP contribution is -2.59. The Bertz CT molecular complexity index is 1260. The summed E-state index contributed by atoms with van der Waals surface area (Å²) in [5.74, 6) is -2.63. The van der Waals surface area contributed by atoms with Gasteiger partial charge in [-0.3, -0.25) is 9.59 Å². The number of hydrogen-bond donors (Lipinski definition) is 4. The van der Waals surface area contributed by atoms with Gasteiger partial charge in [0.2, 0.25) is 5.91 Å². The summed E-state index contributed by atoms with van der Waals surface area (Å²) in [7, 11) is 0. The van der Waals surface area contributed by atoms with Crippen LogP contribution >= 0.6 is 34.5 Å². The van der Waals surface area contributed by atoms with E-state index in [0.717, 1.165) is 10.1 Å². The van der Waals surface area contributed by atoms with Crippen molar-refractivity contribution in [1.82, 2.24) is 15.5 Å². The van der Waals surface area contributed by atoms with Crippen LogP contribution in [0.4, 0.5) is 4.79 Å². The number of carbonyl (C=O) groups is 4. The van der Waals surface area contributed by atoms with Gasteiger partial charge in [-0.2, -0.15) is 0 Å². The van der Waals surface area contributed by atoms with Crippen LogP contribution in [0.15, 0.2) is 23.6 Å². The normalized spacial score (nSPS) is 16.3. The van der Waals surface area contributed by atoms with Gasteiger partial charge < -0.3 is 30.5 Å². The molecule has 2 aromatic rings. The van der Waals surface area contributed by atoms with Crippen LogP contribution in [-0.2, 0) is 19.1 Å². The first-order valence-electron chi connectivity index (χ1n) is 11.8. The van der Waals surface area contributed by atoms with E-state index in [4.69, 9.17) is 27.9 Å². The van der Waals surface area contributed by atoms with Crippen molar-refractivity contribution in [3.63, 3.8) is 0 Å². The molecule has 1 atom stereocenters. The smallest absolute Gasteiger partial charge is 0.407 e. The van der Waals surface area contributed by atoms with Crippen molar-refractivity contribution in [1.29, 1.82) is 0 Å². The maximum Gasteiger partial charge on any atom is 0.407 e. The predicted octanol–water partition coefficient (Wildman–Crippen LogP) is 3.67. The average Bonchev–Trinajstić information content (AvgIpc) is 3.30. The Morgan fingerprint density at radius 1 is 1.21 bits per heavy atom. The highest BCUT2D eigenvalue weighted by Gasteiger charge is 2.41. The minimum Gasteiger partial charge on any atom is -0.480 e. The summed E-state index contributed by atoms with van der Waals surface area (Å²) >= 11 is 14.2. The molecule has 1 aromatic heterocycles. The van der Waals surface area contributed by atoms with E-state index in [9.17, 15) is 29.4 Å². The fraction of sp³-hybridized carbons (Fsp3) is 0.440. The number of hydrogen-bond acceptors (Lipinski definition) is 7. The number of carboxylic acids is 1. The highest BCUT2D eigenvalue weighted by atomic mass is 35.5. The Labute approximate surface area is 233 Å². The van der Waals surface area contributed by atoms with Gasteiger partial charge in [0, 0.05) is 32.0 Å². The number of rotatable bonds is 7. The van der Waals surface area contributed by atoms with Gasteiger partial charge in [-0.15, -0.1) is 11.3 Å². The largest absolute Gasteiger partial charge is 0.480 e. The molecule has 1 aromatic carbocycles. The van der Waals surface area contributed by atoms with Crippen molar-refractivity contribution in [2.75, 3.05) is 19.6 Å². The second-order valence-corrected chi connectivity index (χ2v) is 11.5. The van der Waals surface area contributed by atoms with E-state index in [2.05, 4.69) is 10.6 Å². The van der Waals surface area contributed by atoms with Gasteiger partial charge in [0.1, 0.15) is 17.2 Å². The lowest BCUT2D eigenvalue weighted by molar-refractivity contribution is -0.152. The summed E-state index contributed by atoms with van der Waals surface area (Å²) in [4.78, 5) is 50.3. The van der Waals surface area contributed by atoms with Gasteiger partial charge in [-0.25, -0.2) is 9.59 Å². The molecule has 3 amide bonds. The predicted molar refractivity (Wildman–Crippen MR) is 145 cm³/mol. The molecule has 38 heavy (non-hydrogen) atoms. The van der Waals surface area contributed by atoms with Crippen molar-refractivity contribution in [2.24, 2.45) is 0 Å². The minimum atomic E-state index is -1.87. The number of thiophene rings is 1. The maximum atomic E-state index is 12.7. The number of aliphatic hydroxyl groups is 1. The van der Waals surface area contributed by atoms with E-state index < -0.39 is 41.8 Å². The first-order chi connectivity index (χ1) is 17.7. The number of aliphatic carboxylic acids is 1. The van der Waals surface area contributed by atoms with Crippen LogP contribution in [0.25, 0.3) is 16.2 Å². The zero-order valence-electron chi connectivity index (χ0n) is 21.0. The molecule has 0 saturated carbocycles. The summed E-state index contributed by atoms with van der Waals surface area (Å²) in [6.45, 7) is 4.66. The summed E-state index contributed by atoms with van der Waals surface area (Å²) < 4.78 is 5.92. The molecular weight excluding hydrogens is 557 g/mol. The number of halogens is 2. The van der Waals surface area contributed by atoms with E-state index >= 15 is 0 Å². The number of amides is 3. The standard InChI is InChI=1S/C25H29Cl2N3O7S/c1-24(2,3)37-23(35)28-13-16(21(32)33)29-22(34)25(36)7-9-30(10-8-25)17(31)5-4-14-12-15-6-11-38-20(15)19(27)18(14)26/h4-6,11-12,16,36H,7-10,13H2,1-3H3,(H,28,35)(H,29,34)(H,32,33)/t16-/m0/s1. The Balaban J connectivity index is 1.56. The first kappa shape index (κ1) is 29.7. The number of likely N-dealkylation sites (tertiary alicyclic amines) is 1. The lowest BCUT2D eigenvalue weighted by atomic mass is 9.90. The zero-order chi connectivity index (χ0) is 28.3. The number of fused-ring (bicyclic) bond motifs is 1. The monoisotopic (exact) mass is 585 g/mol. The summed E-state index contributed by atoms with van der Waals surface area (Å²) in [5, 5.41) is 28.4. The number of nitrogens with zero attached hydrogens (tertiary/aromatic N) is 1. The molecule has 1 aliphatic rings. The molecular formula is C25H29Cl2N3O7S. The molecule has 0 unspecified atom stereocenters. The summed E-state index contributed by atoms with van der Waals surface area (Å²) in [5.41, 5.74) is -2.07. The third kappa shape index (κ3) is 7.37. The number of ether oxygens (including phenoxy) is 1.